The van der Waals surface area contributed by atoms with Gasteiger partial charge in [0.25, 0.3) is 0 Å². The Morgan fingerprint density at radius 2 is 2.12 bits per heavy atom. The number of halogens is 2. The van der Waals surface area contributed by atoms with E-state index in [9.17, 15) is 4.79 Å². The van der Waals surface area contributed by atoms with Gasteiger partial charge in [-0.1, -0.05) is 23.2 Å². The van der Waals surface area contributed by atoms with Crippen molar-refractivity contribution in [1.29, 1.82) is 0 Å². The SMILES string of the molecule is COC(=O)c1ncoc1-c1ccc(Cl)c(Cl)c1. The predicted octanol–water partition coefficient (Wildman–Crippen LogP) is 3.44. The van der Waals surface area contributed by atoms with Crippen LogP contribution in [-0.4, -0.2) is 18.1 Å². The van der Waals surface area contributed by atoms with Crippen molar-refractivity contribution in [3.8, 4) is 11.3 Å². The minimum Gasteiger partial charge on any atom is -0.464 e. The van der Waals surface area contributed by atoms with Crippen molar-refractivity contribution in [1.82, 2.24) is 4.98 Å². The van der Waals surface area contributed by atoms with Gasteiger partial charge in [0.2, 0.25) is 0 Å². The van der Waals surface area contributed by atoms with Crippen molar-refractivity contribution in [2.45, 2.75) is 0 Å². The van der Waals surface area contributed by atoms with E-state index >= 15 is 0 Å². The van der Waals surface area contributed by atoms with Crippen molar-refractivity contribution >= 4 is 29.2 Å². The van der Waals surface area contributed by atoms with E-state index in [2.05, 4.69) is 9.72 Å². The van der Waals surface area contributed by atoms with Crippen LogP contribution >= 0.6 is 23.2 Å². The molecule has 88 valence electrons. The molecule has 0 radical (unpaired) electrons. The standard InChI is InChI=1S/C11H7Cl2NO3/c1-16-11(15)9-10(17-5-14-9)6-2-3-7(12)8(13)4-6/h2-5H,1H3. The minimum absolute atomic E-state index is 0.103. The number of benzene rings is 1. The molecule has 0 saturated heterocycles. The van der Waals surface area contributed by atoms with Crippen LogP contribution in [-0.2, 0) is 4.74 Å². The zero-order chi connectivity index (χ0) is 12.4. The number of hydrogen-bond donors (Lipinski definition) is 0. The van der Waals surface area contributed by atoms with Crippen molar-refractivity contribution in [2.75, 3.05) is 7.11 Å². The molecule has 0 N–H and O–H groups in total. The molecule has 0 aliphatic rings. The van der Waals surface area contributed by atoms with E-state index in [0.29, 0.717) is 21.4 Å². The maximum Gasteiger partial charge on any atom is 0.360 e. The van der Waals surface area contributed by atoms with Gasteiger partial charge in [0.05, 0.1) is 17.2 Å². The maximum atomic E-state index is 11.4. The summed E-state index contributed by atoms with van der Waals surface area (Å²) in [5, 5.41) is 0.797. The Hall–Kier alpha value is -1.52. The smallest absolute Gasteiger partial charge is 0.360 e. The van der Waals surface area contributed by atoms with E-state index < -0.39 is 5.97 Å². The van der Waals surface area contributed by atoms with Crippen LogP contribution in [0.4, 0.5) is 0 Å². The number of rotatable bonds is 2. The molecule has 6 heteroatoms. The van der Waals surface area contributed by atoms with Crippen LogP contribution < -0.4 is 0 Å². The van der Waals surface area contributed by atoms with Gasteiger partial charge < -0.3 is 9.15 Å². The molecular formula is C11H7Cl2NO3. The summed E-state index contributed by atoms with van der Waals surface area (Å²) in [5.41, 5.74) is 0.711. The highest BCUT2D eigenvalue weighted by Gasteiger charge is 2.19. The Bertz CT molecular complexity index is 566. The van der Waals surface area contributed by atoms with Gasteiger partial charge in [-0.05, 0) is 18.2 Å². The van der Waals surface area contributed by atoms with Crippen molar-refractivity contribution in [3.63, 3.8) is 0 Å². The lowest BCUT2D eigenvalue weighted by molar-refractivity contribution is 0.0595. The number of esters is 1. The number of carbonyl (C=O) groups is 1. The molecular weight excluding hydrogens is 265 g/mol. The van der Waals surface area contributed by atoms with E-state index in [0.717, 1.165) is 0 Å². The second kappa shape index (κ2) is 4.77. The fraction of sp³-hybridized carbons (Fsp3) is 0.0909. The first kappa shape index (κ1) is 12.0. The molecule has 2 aromatic rings. The molecule has 1 aromatic carbocycles. The van der Waals surface area contributed by atoms with Crippen LogP contribution in [0.2, 0.25) is 10.0 Å². The third kappa shape index (κ3) is 2.28. The molecule has 0 atom stereocenters. The van der Waals surface area contributed by atoms with Crippen LogP contribution in [0.5, 0.6) is 0 Å². The molecule has 0 spiro atoms. The van der Waals surface area contributed by atoms with Crippen LogP contribution in [0.1, 0.15) is 10.5 Å². The summed E-state index contributed by atoms with van der Waals surface area (Å²) in [6.45, 7) is 0. The normalized spacial score (nSPS) is 10.3. The van der Waals surface area contributed by atoms with Crippen molar-refractivity contribution in [3.05, 3.63) is 40.3 Å². The van der Waals surface area contributed by atoms with Gasteiger partial charge in [-0.3, -0.25) is 0 Å². The summed E-state index contributed by atoms with van der Waals surface area (Å²) in [4.78, 5) is 15.2. The topological polar surface area (TPSA) is 52.3 Å². The molecule has 0 unspecified atom stereocenters. The first-order chi connectivity index (χ1) is 8.13. The Labute approximate surface area is 107 Å². The summed E-state index contributed by atoms with van der Waals surface area (Å²) >= 11 is 11.7. The first-order valence-corrected chi connectivity index (χ1v) is 5.36. The number of carbonyl (C=O) groups excluding carboxylic acids is 1. The highest BCUT2D eigenvalue weighted by atomic mass is 35.5. The highest BCUT2D eigenvalue weighted by molar-refractivity contribution is 6.42. The lowest BCUT2D eigenvalue weighted by Crippen LogP contribution is -2.03. The monoisotopic (exact) mass is 271 g/mol. The van der Waals surface area contributed by atoms with E-state index in [1.54, 1.807) is 18.2 Å². The van der Waals surface area contributed by atoms with Gasteiger partial charge in [-0.25, -0.2) is 9.78 Å². The van der Waals surface area contributed by atoms with Crippen molar-refractivity contribution in [2.24, 2.45) is 0 Å². The molecule has 0 aliphatic carbocycles. The molecule has 0 amide bonds. The zero-order valence-corrected chi connectivity index (χ0v) is 10.2. The number of aromatic nitrogens is 1. The quantitative estimate of drug-likeness (QED) is 0.786. The largest absolute Gasteiger partial charge is 0.464 e. The van der Waals surface area contributed by atoms with Gasteiger partial charge in [0.1, 0.15) is 0 Å². The zero-order valence-electron chi connectivity index (χ0n) is 8.74. The number of ether oxygens (including phenoxy) is 1. The molecule has 0 fully saturated rings. The van der Waals surface area contributed by atoms with Gasteiger partial charge in [-0.15, -0.1) is 0 Å². The minimum atomic E-state index is -0.570. The van der Waals surface area contributed by atoms with E-state index in [-0.39, 0.29) is 5.69 Å². The average Bonchev–Trinajstić information content (AvgIpc) is 2.80. The molecule has 0 aliphatic heterocycles. The molecule has 0 saturated carbocycles. The van der Waals surface area contributed by atoms with Crippen LogP contribution in [0, 0.1) is 0 Å². The molecule has 2 rings (SSSR count). The van der Waals surface area contributed by atoms with E-state index in [1.807, 2.05) is 0 Å². The fourth-order valence-electron chi connectivity index (χ4n) is 1.33. The maximum absolute atomic E-state index is 11.4. The Balaban J connectivity index is 2.50. The number of methoxy groups -OCH3 is 1. The molecule has 4 nitrogen and oxygen atoms in total. The third-order valence-corrected chi connectivity index (χ3v) is 2.87. The lowest BCUT2D eigenvalue weighted by atomic mass is 10.1. The van der Waals surface area contributed by atoms with Gasteiger partial charge in [0.15, 0.2) is 17.8 Å². The fourth-order valence-corrected chi connectivity index (χ4v) is 1.63. The summed E-state index contributed by atoms with van der Waals surface area (Å²) in [5.74, 6) is -0.268. The summed E-state index contributed by atoms with van der Waals surface area (Å²) < 4.78 is 9.75. The van der Waals surface area contributed by atoms with Crippen LogP contribution in [0.15, 0.2) is 29.0 Å². The van der Waals surface area contributed by atoms with Crippen molar-refractivity contribution < 1.29 is 13.9 Å². The molecule has 17 heavy (non-hydrogen) atoms. The average molecular weight is 272 g/mol. The second-order valence-electron chi connectivity index (χ2n) is 3.15. The summed E-state index contributed by atoms with van der Waals surface area (Å²) in [7, 11) is 1.27. The van der Waals surface area contributed by atoms with Crippen LogP contribution in [0.25, 0.3) is 11.3 Å². The van der Waals surface area contributed by atoms with Gasteiger partial charge >= 0.3 is 5.97 Å². The first-order valence-electron chi connectivity index (χ1n) is 4.60. The van der Waals surface area contributed by atoms with Gasteiger partial charge in [-0.2, -0.15) is 0 Å². The summed E-state index contributed by atoms with van der Waals surface area (Å²) in [6.07, 6.45) is 1.17. The van der Waals surface area contributed by atoms with Crippen LogP contribution in [0.3, 0.4) is 0 Å². The Morgan fingerprint density at radius 1 is 1.35 bits per heavy atom. The summed E-state index contributed by atoms with van der Waals surface area (Å²) in [6, 6.07) is 4.89. The number of nitrogens with zero attached hydrogens (tertiary/aromatic N) is 1. The van der Waals surface area contributed by atoms with Gasteiger partial charge in [0, 0.05) is 5.56 Å². The van der Waals surface area contributed by atoms with E-state index in [1.165, 1.54) is 13.5 Å². The second-order valence-corrected chi connectivity index (χ2v) is 3.96. The molecule has 1 heterocycles. The molecule has 1 aromatic heterocycles. The number of hydrogen-bond acceptors (Lipinski definition) is 4. The Morgan fingerprint density at radius 3 is 2.76 bits per heavy atom. The highest BCUT2D eigenvalue weighted by Crippen LogP contribution is 2.30. The predicted molar refractivity (Wildman–Crippen MR) is 63.3 cm³/mol. The third-order valence-electron chi connectivity index (χ3n) is 2.13. The number of oxazole rings is 1. The van der Waals surface area contributed by atoms with E-state index in [4.69, 9.17) is 27.6 Å². The Kier molecular flexibility index (Phi) is 3.36. The molecule has 0 bridgehead atoms. The lowest BCUT2D eigenvalue weighted by Gasteiger charge is -2.01.